The van der Waals surface area contributed by atoms with E-state index < -0.39 is 0 Å². The normalized spacial score (nSPS) is 17.2. The number of aromatic amines is 1. The van der Waals surface area contributed by atoms with Crippen molar-refractivity contribution in [3.63, 3.8) is 0 Å². The van der Waals surface area contributed by atoms with Crippen LogP contribution in [0.25, 0.3) is 21.8 Å². The van der Waals surface area contributed by atoms with E-state index in [1.807, 2.05) is 25.1 Å². The molecule has 2 unspecified atom stereocenters. The van der Waals surface area contributed by atoms with Gasteiger partial charge in [0.25, 0.3) is 11.1 Å². The molecule has 2 aromatic carbocycles. The third kappa shape index (κ3) is 4.05. The summed E-state index contributed by atoms with van der Waals surface area (Å²) in [5.74, 6) is 0.530. The Bertz CT molecular complexity index is 1430. The number of nitrogens with one attached hydrogen (secondary N) is 1. The van der Waals surface area contributed by atoms with Crippen LogP contribution in [0.2, 0.25) is 5.02 Å². The van der Waals surface area contributed by atoms with Crippen molar-refractivity contribution in [2.24, 2.45) is 0 Å². The van der Waals surface area contributed by atoms with Crippen LogP contribution in [0.3, 0.4) is 0 Å². The third-order valence-electron chi connectivity index (χ3n) is 5.59. The number of hydrogen-bond donors (Lipinski definition) is 1. The number of thioether (sulfide) groups is 1. The molecule has 4 aromatic rings. The summed E-state index contributed by atoms with van der Waals surface area (Å²) in [6.45, 7) is 3.07. The number of hydrogen-bond acceptors (Lipinski definition) is 6. The number of halogens is 1. The van der Waals surface area contributed by atoms with Crippen LogP contribution in [-0.2, 0) is 11.3 Å². The summed E-state index contributed by atoms with van der Waals surface area (Å²) < 4.78 is 7.45. The Hall–Kier alpha value is -2.68. The van der Waals surface area contributed by atoms with Crippen molar-refractivity contribution in [2.75, 3.05) is 6.61 Å². The predicted octanol–water partition coefficient (Wildman–Crippen LogP) is 4.32. The van der Waals surface area contributed by atoms with E-state index >= 15 is 0 Å². The van der Waals surface area contributed by atoms with Crippen LogP contribution in [-0.4, -0.2) is 32.2 Å². The minimum Gasteiger partial charge on any atom is -0.376 e. The zero-order valence-corrected chi connectivity index (χ0v) is 18.9. The summed E-state index contributed by atoms with van der Waals surface area (Å²) in [7, 11) is 0. The molecule has 1 N–H and O–H groups in total. The average molecular weight is 469 g/mol. The molecule has 5 rings (SSSR count). The van der Waals surface area contributed by atoms with Crippen LogP contribution >= 0.6 is 23.4 Å². The maximum atomic E-state index is 13.3. The lowest BCUT2D eigenvalue weighted by atomic mass is 10.2. The van der Waals surface area contributed by atoms with E-state index in [0.717, 1.165) is 12.8 Å². The largest absolute Gasteiger partial charge is 0.376 e. The second-order valence-corrected chi connectivity index (χ2v) is 9.58. The van der Waals surface area contributed by atoms with Gasteiger partial charge in [0.05, 0.1) is 39.7 Å². The second kappa shape index (κ2) is 8.69. The number of H-pyrrole nitrogens is 1. The summed E-state index contributed by atoms with van der Waals surface area (Å²) in [4.78, 5) is 38.1. The first-order chi connectivity index (χ1) is 15.5. The lowest BCUT2D eigenvalue weighted by Crippen LogP contribution is -2.29. The first kappa shape index (κ1) is 21.2. The Morgan fingerprint density at radius 1 is 1.19 bits per heavy atom. The minimum absolute atomic E-state index is 0.0208. The summed E-state index contributed by atoms with van der Waals surface area (Å²) in [6.07, 6.45) is 1.87. The molecule has 1 aliphatic heterocycles. The molecular formula is C23H21ClN4O3S. The van der Waals surface area contributed by atoms with E-state index in [1.165, 1.54) is 11.8 Å². The van der Waals surface area contributed by atoms with Gasteiger partial charge in [0.15, 0.2) is 5.16 Å². The Labute approximate surface area is 192 Å². The number of ether oxygens (including phenoxy) is 1. The third-order valence-corrected chi connectivity index (χ3v) is 6.93. The maximum absolute atomic E-state index is 13.3. The van der Waals surface area contributed by atoms with E-state index in [-0.39, 0.29) is 22.5 Å². The highest BCUT2D eigenvalue weighted by Gasteiger charge is 2.22. The molecule has 0 bridgehead atoms. The fraction of sp³-hybridized carbons (Fsp3) is 0.304. The number of benzene rings is 2. The van der Waals surface area contributed by atoms with Gasteiger partial charge in [-0.1, -0.05) is 35.5 Å². The van der Waals surface area contributed by atoms with Crippen LogP contribution in [0.1, 0.15) is 30.8 Å². The van der Waals surface area contributed by atoms with Crippen molar-refractivity contribution in [1.82, 2.24) is 19.5 Å². The van der Waals surface area contributed by atoms with Crippen LogP contribution in [0, 0.1) is 0 Å². The highest BCUT2D eigenvalue weighted by Crippen LogP contribution is 2.33. The van der Waals surface area contributed by atoms with Crippen molar-refractivity contribution < 1.29 is 4.74 Å². The van der Waals surface area contributed by atoms with Gasteiger partial charge in [-0.05, 0) is 50.1 Å². The molecule has 0 aliphatic carbocycles. The van der Waals surface area contributed by atoms with Gasteiger partial charge in [0, 0.05) is 11.6 Å². The summed E-state index contributed by atoms with van der Waals surface area (Å²) in [5, 5.41) is 1.88. The molecule has 3 heterocycles. The van der Waals surface area contributed by atoms with Gasteiger partial charge in [-0.2, -0.15) is 0 Å². The molecule has 32 heavy (non-hydrogen) atoms. The van der Waals surface area contributed by atoms with Gasteiger partial charge < -0.3 is 9.72 Å². The summed E-state index contributed by atoms with van der Waals surface area (Å²) in [5.41, 5.74) is 0.860. The molecule has 9 heteroatoms. The molecule has 1 aliphatic rings. The first-order valence-corrected chi connectivity index (χ1v) is 11.7. The molecule has 0 spiro atoms. The molecule has 7 nitrogen and oxygen atoms in total. The van der Waals surface area contributed by atoms with Gasteiger partial charge in [-0.15, -0.1) is 0 Å². The number of aromatic nitrogens is 4. The van der Waals surface area contributed by atoms with Gasteiger partial charge in [-0.3, -0.25) is 14.2 Å². The van der Waals surface area contributed by atoms with Gasteiger partial charge in [0.2, 0.25) is 0 Å². The van der Waals surface area contributed by atoms with Crippen LogP contribution in [0.4, 0.5) is 0 Å². The molecule has 0 radical (unpaired) electrons. The Morgan fingerprint density at radius 2 is 2.03 bits per heavy atom. The number of nitrogens with zero attached hydrogens (tertiary/aromatic N) is 3. The van der Waals surface area contributed by atoms with Gasteiger partial charge in [-0.25, -0.2) is 9.97 Å². The summed E-state index contributed by atoms with van der Waals surface area (Å²) in [6, 6.07) is 12.3. The zero-order chi connectivity index (χ0) is 22.2. The van der Waals surface area contributed by atoms with Crippen LogP contribution in [0.15, 0.2) is 57.2 Å². The zero-order valence-electron chi connectivity index (χ0n) is 17.4. The Kier molecular flexibility index (Phi) is 5.75. The molecule has 1 saturated heterocycles. The van der Waals surface area contributed by atoms with Crippen molar-refractivity contribution in [1.29, 1.82) is 0 Å². The van der Waals surface area contributed by atoms with E-state index in [4.69, 9.17) is 21.3 Å². The van der Waals surface area contributed by atoms with Crippen molar-refractivity contribution in [3.8, 4) is 0 Å². The molecule has 0 saturated carbocycles. The van der Waals surface area contributed by atoms with E-state index in [0.29, 0.717) is 51.0 Å². The van der Waals surface area contributed by atoms with Crippen molar-refractivity contribution in [2.45, 2.75) is 42.8 Å². The minimum atomic E-state index is -0.244. The van der Waals surface area contributed by atoms with Crippen molar-refractivity contribution >= 4 is 45.2 Å². The molecule has 0 amide bonds. The standard InChI is InChI=1S/C23H21ClN4O3S/c1-13(20-25-18-7-3-2-6-16(18)21(29)27-20)32-23-26-19-11-14(24)8-9-17(19)22(30)28(23)12-15-5-4-10-31-15/h2-3,6-9,11,13,15H,4-5,10,12H2,1H3,(H,25,27,29). The van der Waals surface area contributed by atoms with E-state index in [2.05, 4.69) is 9.97 Å². The fourth-order valence-corrected chi connectivity index (χ4v) is 5.07. The van der Waals surface area contributed by atoms with Crippen molar-refractivity contribution in [3.05, 3.63) is 74.0 Å². The molecule has 2 aromatic heterocycles. The van der Waals surface area contributed by atoms with E-state index in [1.54, 1.807) is 28.8 Å². The first-order valence-electron chi connectivity index (χ1n) is 10.5. The van der Waals surface area contributed by atoms with E-state index in [9.17, 15) is 9.59 Å². The summed E-state index contributed by atoms with van der Waals surface area (Å²) >= 11 is 7.53. The lowest BCUT2D eigenvalue weighted by molar-refractivity contribution is 0.0937. The highest BCUT2D eigenvalue weighted by atomic mass is 35.5. The SMILES string of the molecule is CC(Sc1nc2cc(Cl)ccc2c(=O)n1CC1CCCO1)c1nc2ccccc2c(=O)[nH]1. The molecule has 2 atom stereocenters. The molecular weight excluding hydrogens is 448 g/mol. The number of rotatable bonds is 5. The monoisotopic (exact) mass is 468 g/mol. The Balaban J connectivity index is 1.57. The van der Waals surface area contributed by atoms with Gasteiger partial charge >= 0.3 is 0 Å². The second-order valence-electron chi connectivity index (χ2n) is 7.84. The smallest absolute Gasteiger partial charge is 0.262 e. The quantitative estimate of drug-likeness (QED) is 0.346. The fourth-order valence-electron chi connectivity index (χ4n) is 3.93. The average Bonchev–Trinajstić information content (AvgIpc) is 3.29. The maximum Gasteiger partial charge on any atom is 0.262 e. The number of para-hydroxylation sites is 1. The van der Waals surface area contributed by atoms with Crippen LogP contribution < -0.4 is 11.1 Å². The molecule has 1 fully saturated rings. The predicted molar refractivity (Wildman–Crippen MR) is 127 cm³/mol. The highest BCUT2D eigenvalue weighted by molar-refractivity contribution is 7.99. The topological polar surface area (TPSA) is 89.9 Å². The Morgan fingerprint density at radius 3 is 2.84 bits per heavy atom. The number of fused-ring (bicyclic) bond motifs is 2. The molecule has 164 valence electrons. The lowest BCUT2D eigenvalue weighted by Gasteiger charge is -2.18. The van der Waals surface area contributed by atoms with Crippen LogP contribution in [0.5, 0.6) is 0 Å². The van der Waals surface area contributed by atoms with Gasteiger partial charge in [0.1, 0.15) is 5.82 Å².